The third kappa shape index (κ3) is 3.74. The molecule has 18 heavy (non-hydrogen) atoms. The van der Waals surface area contributed by atoms with Crippen molar-refractivity contribution in [1.29, 1.82) is 0 Å². The topological polar surface area (TPSA) is 12.0 Å². The van der Waals surface area contributed by atoms with Crippen LogP contribution in [-0.2, 0) is 0 Å². The molecule has 0 aliphatic carbocycles. The van der Waals surface area contributed by atoms with Gasteiger partial charge in [-0.2, -0.15) is 0 Å². The molecule has 2 aromatic rings. The summed E-state index contributed by atoms with van der Waals surface area (Å²) in [5, 5.41) is 3.09. The molecular weight excluding hydrogens is 252 g/mol. The van der Waals surface area contributed by atoms with E-state index in [0.29, 0.717) is 11.4 Å². The van der Waals surface area contributed by atoms with Crippen LogP contribution in [0.5, 0.6) is 0 Å². The van der Waals surface area contributed by atoms with Gasteiger partial charge in [-0.05, 0) is 30.3 Å². The quantitative estimate of drug-likeness (QED) is 0.643. The number of benzene rings is 2. The van der Waals surface area contributed by atoms with Crippen LogP contribution >= 0.6 is 11.8 Å². The minimum atomic E-state index is -0.262. The molecule has 2 rings (SSSR count). The second-order valence-electron chi connectivity index (χ2n) is 3.72. The molecular formula is C14H13F2NS. The number of halogens is 2. The third-order valence-corrected chi connectivity index (χ3v) is 3.40. The van der Waals surface area contributed by atoms with Gasteiger partial charge in [0.2, 0.25) is 0 Å². The first-order valence-corrected chi connectivity index (χ1v) is 6.61. The van der Waals surface area contributed by atoms with Gasteiger partial charge in [0, 0.05) is 22.9 Å². The van der Waals surface area contributed by atoms with Crippen molar-refractivity contribution in [2.45, 2.75) is 4.90 Å². The lowest BCUT2D eigenvalue weighted by Crippen LogP contribution is -2.04. The third-order valence-electron chi connectivity index (χ3n) is 2.35. The maximum atomic E-state index is 13.3. The zero-order chi connectivity index (χ0) is 12.8. The van der Waals surface area contributed by atoms with Gasteiger partial charge in [0.25, 0.3) is 0 Å². The van der Waals surface area contributed by atoms with E-state index in [4.69, 9.17) is 0 Å². The number of nitrogens with one attached hydrogen (secondary N) is 1. The maximum Gasteiger partial charge on any atom is 0.136 e. The fourth-order valence-electron chi connectivity index (χ4n) is 1.52. The molecule has 1 nitrogen and oxygen atoms in total. The first kappa shape index (κ1) is 12.9. The summed E-state index contributed by atoms with van der Waals surface area (Å²) in [6, 6.07) is 13.0. The average Bonchev–Trinajstić information content (AvgIpc) is 2.37. The molecule has 1 N–H and O–H groups in total. The minimum absolute atomic E-state index is 0.201. The zero-order valence-corrected chi connectivity index (χ0v) is 10.5. The Hall–Kier alpha value is -1.55. The Bertz CT molecular complexity index is 517. The van der Waals surface area contributed by atoms with E-state index in [-0.39, 0.29) is 11.6 Å². The van der Waals surface area contributed by atoms with Crippen molar-refractivity contribution in [3.8, 4) is 0 Å². The summed E-state index contributed by atoms with van der Waals surface area (Å²) in [6.07, 6.45) is 0. The van der Waals surface area contributed by atoms with Crippen molar-refractivity contribution in [3.63, 3.8) is 0 Å². The first-order chi connectivity index (χ1) is 8.75. The summed E-state index contributed by atoms with van der Waals surface area (Å²) >= 11 is 1.44. The first-order valence-electron chi connectivity index (χ1n) is 5.62. The van der Waals surface area contributed by atoms with E-state index >= 15 is 0 Å². The molecule has 0 amide bonds. The number of thioether (sulfide) groups is 1. The van der Waals surface area contributed by atoms with E-state index in [0.717, 1.165) is 11.4 Å². The smallest absolute Gasteiger partial charge is 0.136 e. The Balaban J connectivity index is 1.78. The van der Waals surface area contributed by atoms with Crippen LogP contribution in [0.2, 0.25) is 0 Å². The van der Waals surface area contributed by atoms with E-state index in [1.54, 1.807) is 24.3 Å². The van der Waals surface area contributed by atoms with Crippen LogP contribution < -0.4 is 5.32 Å². The van der Waals surface area contributed by atoms with Crippen LogP contribution in [0.15, 0.2) is 53.4 Å². The summed E-state index contributed by atoms with van der Waals surface area (Å²) in [4.78, 5) is 0.638. The normalized spacial score (nSPS) is 10.3. The summed E-state index contributed by atoms with van der Waals surface area (Å²) in [6.45, 7) is 0.655. The standard InChI is InChI=1S/C14H13F2NS/c15-11-4-3-5-12(10-11)17-8-9-18-14-7-2-1-6-13(14)16/h1-7,10,17H,8-9H2. The predicted molar refractivity (Wildman–Crippen MR) is 72.0 cm³/mol. The highest BCUT2D eigenvalue weighted by Crippen LogP contribution is 2.20. The molecule has 0 fully saturated rings. The lowest BCUT2D eigenvalue weighted by atomic mass is 10.3. The fraction of sp³-hybridized carbons (Fsp3) is 0.143. The van der Waals surface area contributed by atoms with Gasteiger partial charge in [0.05, 0.1) is 0 Å². The highest BCUT2D eigenvalue weighted by molar-refractivity contribution is 7.99. The lowest BCUT2D eigenvalue weighted by molar-refractivity contribution is 0.602. The number of anilines is 1. The summed E-state index contributed by atoms with van der Waals surface area (Å²) < 4.78 is 26.2. The van der Waals surface area contributed by atoms with Gasteiger partial charge in [-0.25, -0.2) is 8.78 Å². The molecule has 94 valence electrons. The van der Waals surface area contributed by atoms with Gasteiger partial charge in [-0.15, -0.1) is 11.8 Å². The van der Waals surface area contributed by atoms with Crippen LogP contribution in [0, 0.1) is 11.6 Å². The number of hydrogen-bond acceptors (Lipinski definition) is 2. The largest absolute Gasteiger partial charge is 0.384 e. The van der Waals surface area contributed by atoms with E-state index < -0.39 is 0 Å². The molecule has 0 unspecified atom stereocenters. The average molecular weight is 265 g/mol. The van der Waals surface area contributed by atoms with E-state index in [2.05, 4.69) is 5.32 Å². The molecule has 0 atom stereocenters. The minimum Gasteiger partial charge on any atom is -0.384 e. The molecule has 0 aliphatic rings. The number of rotatable bonds is 5. The molecule has 2 aromatic carbocycles. The van der Waals surface area contributed by atoms with Gasteiger partial charge in [0.15, 0.2) is 0 Å². The van der Waals surface area contributed by atoms with Gasteiger partial charge in [-0.1, -0.05) is 18.2 Å². The molecule has 4 heteroatoms. The van der Waals surface area contributed by atoms with E-state index in [1.165, 1.54) is 30.0 Å². The van der Waals surface area contributed by atoms with Crippen LogP contribution in [0.1, 0.15) is 0 Å². The van der Waals surface area contributed by atoms with Gasteiger partial charge < -0.3 is 5.32 Å². The predicted octanol–water partition coefficient (Wildman–Crippen LogP) is 4.17. The zero-order valence-electron chi connectivity index (χ0n) is 9.70. The number of hydrogen-bond donors (Lipinski definition) is 1. The molecule has 0 spiro atoms. The Kier molecular flexibility index (Phi) is 4.59. The fourth-order valence-corrected chi connectivity index (χ4v) is 2.32. The van der Waals surface area contributed by atoms with Crippen molar-refractivity contribution < 1.29 is 8.78 Å². The summed E-state index contributed by atoms with van der Waals surface area (Å²) in [5.41, 5.74) is 0.740. The van der Waals surface area contributed by atoms with E-state index in [1.807, 2.05) is 6.07 Å². The maximum absolute atomic E-state index is 13.3. The van der Waals surface area contributed by atoms with Crippen molar-refractivity contribution in [1.82, 2.24) is 0 Å². The molecule has 0 heterocycles. The highest BCUT2D eigenvalue weighted by Gasteiger charge is 2.00. The van der Waals surface area contributed by atoms with Crippen molar-refractivity contribution in [2.75, 3.05) is 17.6 Å². The molecule has 0 saturated heterocycles. The molecule has 0 aromatic heterocycles. The molecule has 0 bridgehead atoms. The van der Waals surface area contributed by atoms with Crippen LogP contribution in [-0.4, -0.2) is 12.3 Å². The van der Waals surface area contributed by atoms with Crippen LogP contribution in [0.3, 0.4) is 0 Å². The second-order valence-corrected chi connectivity index (χ2v) is 4.85. The summed E-state index contributed by atoms with van der Waals surface area (Å²) in [7, 11) is 0. The van der Waals surface area contributed by atoms with Crippen molar-refractivity contribution >= 4 is 17.4 Å². The Morgan fingerprint density at radius 2 is 1.83 bits per heavy atom. The lowest BCUT2D eigenvalue weighted by Gasteiger charge is -2.06. The van der Waals surface area contributed by atoms with Crippen molar-refractivity contribution in [3.05, 3.63) is 60.2 Å². The molecule has 0 saturated carbocycles. The summed E-state index contributed by atoms with van der Waals surface area (Å²) in [5.74, 6) is 0.257. The van der Waals surface area contributed by atoms with Gasteiger partial charge >= 0.3 is 0 Å². The van der Waals surface area contributed by atoms with E-state index in [9.17, 15) is 8.78 Å². The Morgan fingerprint density at radius 3 is 2.61 bits per heavy atom. The van der Waals surface area contributed by atoms with Gasteiger partial charge in [-0.3, -0.25) is 0 Å². The van der Waals surface area contributed by atoms with Crippen LogP contribution in [0.25, 0.3) is 0 Å². The van der Waals surface area contributed by atoms with Crippen molar-refractivity contribution in [2.24, 2.45) is 0 Å². The van der Waals surface area contributed by atoms with Gasteiger partial charge in [0.1, 0.15) is 11.6 Å². The molecule has 0 radical (unpaired) electrons. The monoisotopic (exact) mass is 265 g/mol. The highest BCUT2D eigenvalue weighted by atomic mass is 32.2. The second kappa shape index (κ2) is 6.40. The SMILES string of the molecule is Fc1cccc(NCCSc2ccccc2F)c1. The van der Waals surface area contributed by atoms with Crippen LogP contribution in [0.4, 0.5) is 14.5 Å². The Morgan fingerprint density at radius 1 is 1.00 bits per heavy atom. The molecule has 0 aliphatic heterocycles. The Labute approximate surface area is 109 Å².